The number of aryl methyl sites for hydroxylation is 1. The number of aliphatic carboxylic acids is 1. The summed E-state index contributed by atoms with van der Waals surface area (Å²) in [5, 5.41) is 13.2. The summed E-state index contributed by atoms with van der Waals surface area (Å²) in [7, 11) is -3.99. The Labute approximate surface area is 151 Å². The molecule has 0 aliphatic carbocycles. The molecule has 0 radical (unpaired) electrons. The normalized spacial score (nSPS) is 21.7. The minimum absolute atomic E-state index is 0.111. The molecule has 1 saturated heterocycles. The van der Waals surface area contributed by atoms with Crippen molar-refractivity contribution in [3.8, 4) is 5.69 Å². The molecule has 9 heteroatoms. The molecule has 3 rings (SSSR count). The molecular formula is C17H20FN3O4S. The summed E-state index contributed by atoms with van der Waals surface area (Å²) in [6, 6.07) is 3.30. The number of halogens is 1. The second-order valence-electron chi connectivity index (χ2n) is 6.61. The average Bonchev–Trinajstić information content (AvgIpc) is 3.00. The zero-order chi connectivity index (χ0) is 19.1. The van der Waals surface area contributed by atoms with Crippen LogP contribution in [0.5, 0.6) is 0 Å². The van der Waals surface area contributed by atoms with E-state index < -0.39 is 27.7 Å². The largest absolute Gasteiger partial charge is 0.481 e. The molecule has 0 saturated carbocycles. The Morgan fingerprint density at radius 1 is 1.35 bits per heavy atom. The molecule has 1 aliphatic heterocycles. The lowest BCUT2D eigenvalue weighted by molar-refractivity contribution is -0.143. The first-order chi connectivity index (χ1) is 12.2. The molecule has 0 bridgehead atoms. The molecule has 26 heavy (non-hydrogen) atoms. The predicted molar refractivity (Wildman–Crippen MR) is 92.0 cm³/mol. The highest BCUT2D eigenvalue weighted by Gasteiger charge is 2.37. The van der Waals surface area contributed by atoms with Crippen LogP contribution in [0.4, 0.5) is 4.39 Å². The maximum atomic E-state index is 14.5. The van der Waals surface area contributed by atoms with E-state index in [0.29, 0.717) is 12.8 Å². The number of carboxylic acids is 1. The van der Waals surface area contributed by atoms with Gasteiger partial charge in [-0.15, -0.1) is 0 Å². The van der Waals surface area contributed by atoms with E-state index in [1.54, 1.807) is 19.3 Å². The molecule has 0 amide bonds. The summed E-state index contributed by atoms with van der Waals surface area (Å²) in [6.07, 6.45) is 4.08. The third-order valence-electron chi connectivity index (χ3n) is 4.66. The first-order valence-electron chi connectivity index (χ1n) is 8.26. The Kier molecular flexibility index (Phi) is 4.85. The molecule has 1 N–H and O–H groups in total. The van der Waals surface area contributed by atoms with Gasteiger partial charge in [0.15, 0.2) is 0 Å². The number of rotatable bonds is 4. The van der Waals surface area contributed by atoms with E-state index in [1.807, 2.05) is 6.92 Å². The van der Waals surface area contributed by atoms with Crippen molar-refractivity contribution < 1.29 is 22.7 Å². The summed E-state index contributed by atoms with van der Waals surface area (Å²) in [5.41, 5.74) is 0.995. The van der Waals surface area contributed by atoms with E-state index in [9.17, 15) is 22.7 Å². The molecule has 1 aliphatic rings. The first kappa shape index (κ1) is 18.5. The second-order valence-corrected chi connectivity index (χ2v) is 8.50. The maximum Gasteiger partial charge on any atom is 0.307 e. The second kappa shape index (κ2) is 6.81. The van der Waals surface area contributed by atoms with Crippen LogP contribution in [-0.2, 0) is 14.8 Å². The van der Waals surface area contributed by atoms with Gasteiger partial charge in [0.1, 0.15) is 11.5 Å². The van der Waals surface area contributed by atoms with Gasteiger partial charge in [-0.25, -0.2) is 17.5 Å². The average molecular weight is 381 g/mol. The number of hydrogen-bond donors (Lipinski definition) is 1. The van der Waals surface area contributed by atoms with Crippen molar-refractivity contribution in [3.63, 3.8) is 0 Å². The Morgan fingerprint density at radius 3 is 2.65 bits per heavy atom. The third kappa shape index (κ3) is 3.36. The summed E-state index contributed by atoms with van der Waals surface area (Å²) in [4.78, 5) is 11.0. The molecule has 7 nitrogen and oxygen atoms in total. The van der Waals surface area contributed by atoms with Crippen molar-refractivity contribution in [3.05, 3.63) is 42.0 Å². The topological polar surface area (TPSA) is 92.5 Å². The highest BCUT2D eigenvalue weighted by Crippen LogP contribution is 2.29. The fourth-order valence-electron chi connectivity index (χ4n) is 3.13. The molecule has 140 valence electrons. The van der Waals surface area contributed by atoms with Gasteiger partial charge >= 0.3 is 5.97 Å². The van der Waals surface area contributed by atoms with Crippen LogP contribution in [0.2, 0.25) is 0 Å². The number of piperidine rings is 1. The van der Waals surface area contributed by atoms with Crippen molar-refractivity contribution >= 4 is 16.0 Å². The van der Waals surface area contributed by atoms with Crippen LogP contribution in [0, 0.1) is 18.7 Å². The van der Waals surface area contributed by atoms with Crippen LogP contribution in [0.25, 0.3) is 5.69 Å². The van der Waals surface area contributed by atoms with Gasteiger partial charge in [-0.1, -0.05) is 0 Å². The zero-order valence-electron chi connectivity index (χ0n) is 14.5. The molecule has 2 aromatic rings. The van der Waals surface area contributed by atoms with Crippen LogP contribution in [0.1, 0.15) is 25.3 Å². The summed E-state index contributed by atoms with van der Waals surface area (Å²) < 4.78 is 42.8. The van der Waals surface area contributed by atoms with Crippen molar-refractivity contribution in [1.29, 1.82) is 0 Å². The van der Waals surface area contributed by atoms with Gasteiger partial charge in [-0.05, 0) is 50.5 Å². The Morgan fingerprint density at radius 2 is 2.08 bits per heavy atom. The summed E-state index contributed by atoms with van der Waals surface area (Å²) in [5.74, 6) is -2.49. The molecule has 2 heterocycles. The number of benzene rings is 1. The number of carbonyl (C=O) groups is 1. The highest BCUT2D eigenvalue weighted by molar-refractivity contribution is 7.89. The molecular weight excluding hydrogens is 361 g/mol. The van der Waals surface area contributed by atoms with Crippen LogP contribution in [0.3, 0.4) is 0 Å². The van der Waals surface area contributed by atoms with Crippen LogP contribution in [-0.4, -0.2) is 46.2 Å². The van der Waals surface area contributed by atoms with Crippen molar-refractivity contribution in [2.45, 2.75) is 37.6 Å². The van der Waals surface area contributed by atoms with E-state index >= 15 is 0 Å². The minimum atomic E-state index is -3.99. The number of sulfonamides is 1. The standard InChI is InChI=1S/C17H20FN3O4S/c1-11-8-19-20(9-11)16-6-5-14(7-15(16)18)26(24,25)21-10-13(17(22)23)4-3-12(21)2/h5-9,12-13H,3-4,10H2,1-2H3,(H,22,23). The predicted octanol–water partition coefficient (Wildman–Crippen LogP) is 2.19. The van der Waals surface area contributed by atoms with Gasteiger partial charge in [-0.2, -0.15) is 9.40 Å². The lowest BCUT2D eigenvalue weighted by Crippen LogP contribution is -2.47. The SMILES string of the molecule is Cc1cnn(-c2ccc(S(=O)(=O)N3CC(C(=O)O)CCC3C)cc2F)c1. The van der Waals surface area contributed by atoms with E-state index in [4.69, 9.17) is 0 Å². The van der Waals surface area contributed by atoms with E-state index in [-0.39, 0.29) is 23.2 Å². The van der Waals surface area contributed by atoms with E-state index in [2.05, 4.69) is 5.10 Å². The first-order valence-corrected chi connectivity index (χ1v) is 9.70. The van der Waals surface area contributed by atoms with Gasteiger partial charge in [0.05, 0.1) is 17.0 Å². The highest BCUT2D eigenvalue weighted by atomic mass is 32.2. The molecule has 1 aromatic heterocycles. The Bertz CT molecular complexity index is 941. The molecule has 1 aromatic carbocycles. The number of carboxylic acid groups (broad SMARTS) is 1. The molecule has 0 spiro atoms. The van der Waals surface area contributed by atoms with E-state index in [0.717, 1.165) is 15.9 Å². The van der Waals surface area contributed by atoms with Gasteiger partial charge in [-0.3, -0.25) is 4.79 Å². The Hall–Kier alpha value is -2.26. The fourth-order valence-corrected chi connectivity index (χ4v) is 4.84. The molecule has 2 unspecified atom stereocenters. The maximum absolute atomic E-state index is 14.5. The monoisotopic (exact) mass is 381 g/mol. The number of nitrogens with zero attached hydrogens (tertiary/aromatic N) is 3. The fraction of sp³-hybridized carbons (Fsp3) is 0.412. The smallest absolute Gasteiger partial charge is 0.307 e. The van der Waals surface area contributed by atoms with Crippen LogP contribution >= 0.6 is 0 Å². The third-order valence-corrected chi connectivity index (χ3v) is 6.63. The number of aromatic nitrogens is 2. The van der Waals surface area contributed by atoms with E-state index in [1.165, 1.54) is 16.8 Å². The van der Waals surface area contributed by atoms with Crippen molar-refractivity contribution in [2.24, 2.45) is 5.92 Å². The lowest BCUT2D eigenvalue weighted by Gasteiger charge is -2.35. The summed E-state index contributed by atoms with van der Waals surface area (Å²) in [6.45, 7) is 3.43. The van der Waals surface area contributed by atoms with Gasteiger partial charge in [0.25, 0.3) is 0 Å². The molecule has 2 atom stereocenters. The van der Waals surface area contributed by atoms with Crippen molar-refractivity contribution in [1.82, 2.24) is 14.1 Å². The molecule has 1 fully saturated rings. The zero-order valence-corrected chi connectivity index (χ0v) is 15.3. The van der Waals surface area contributed by atoms with Gasteiger partial charge in [0.2, 0.25) is 10.0 Å². The quantitative estimate of drug-likeness (QED) is 0.876. The summed E-state index contributed by atoms with van der Waals surface area (Å²) >= 11 is 0. The van der Waals surface area contributed by atoms with Gasteiger partial charge in [0, 0.05) is 18.8 Å². The Balaban J connectivity index is 1.94. The lowest BCUT2D eigenvalue weighted by atomic mass is 9.96. The van der Waals surface area contributed by atoms with Crippen LogP contribution in [0.15, 0.2) is 35.5 Å². The van der Waals surface area contributed by atoms with Crippen molar-refractivity contribution in [2.75, 3.05) is 6.54 Å². The minimum Gasteiger partial charge on any atom is -0.481 e. The number of hydrogen-bond acceptors (Lipinski definition) is 4. The van der Waals surface area contributed by atoms with Crippen LogP contribution < -0.4 is 0 Å². The van der Waals surface area contributed by atoms with Gasteiger partial charge < -0.3 is 5.11 Å².